The summed E-state index contributed by atoms with van der Waals surface area (Å²) in [5.41, 5.74) is 2.99. The number of methoxy groups -OCH3 is 1. The maximum atomic E-state index is 5.89. The van der Waals surface area contributed by atoms with Gasteiger partial charge in [0.15, 0.2) is 0 Å². The molecule has 0 aliphatic rings. The molecule has 0 unspecified atom stereocenters. The summed E-state index contributed by atoms with van der Waals surface area (Å²) in [4.78, 5) is 0. The number of hydrogen-bond donors (Lipinski definition) is 0. The first-order valence-electron chi connectivity index (χ1n) is 6.64. The van der Waals surface area contributed by atoms with E-state index in [-0.39, 0.29) is 0 Å². The molecule has 2 aromatic rings. The molecule has 2 aromatic carbocycles. The van der Waals surface area contributed by atoms with Crippen LogP contribution in [0.5, 0.6) is 11.5 Å². The Morgan fingerprint density at radius 2 is 1.90 bits per heavy atom. The molecule has 0 radical (unpaired) electrons. The molecule has 2 nitrogen and oxygen atoms in total. The normalized spacial score (nSPS) is 9.67. The molecule has 0 saturated heterocycles. The van der Waals surface area contributed by atoms with Crippen molar-refractivity contribution in [3.05, 3.63) is 59.2 Å². The molecule has 0 heterocycles. The van der Waals surface area contributed by atoms with Gasteiger partial charge >= 0.3 is 0 Å². The minimum Gasteiger partial charge on any atom is -0.496 e. The van der Waals surface area contributed by atoms with Gasteiger partial charge in [0.25, 0.3) is 0 Å². The first-order chi connectivity index (χ1) is 10.2. The highest BCUT2D eigenvalue weighted by atomic mass is 35.5. The number of benzene rings is 2. The Morgan fingerprint density at radius 1 is 1.10 bits per heavy atom. The third-order valence-electron chi connectivity index (χ3n) is 3.00. The largest absolute Gasteiger partial charge is 0.496 e. The molecule has 21 heavy (non-hydrogen) atoms. The smallest absolute Gasteiger partial charge is 0.135 e. The van der Waals surface area contributed by atoms with Crippen LogP contribution >= 0.6 is 11.6 Å². The summed E-state index contributed by atoms with van der Waals surface area (Å²) in [6, 6.07) is 13.7. The molecule has 0 bridgehead atoms. The molecular weight excluding hydrogens is 284 g/mol. The van der Waals surface area contributed by atoms with E-state index < -0.39 is 0 Å². The van der Waals surface area contributed by atoms with Gasteiger partial charge in [-0.2, -0.15) is 0 Å². The van der Waals surface area contributed by atoms with Gasteiger partial charge in [-0.3, -0.25) is 0 Å². The van der Waals surface area contributed by atoms with Crippen LogP contribution in [0.1, 0.15) is 16.7 Å². The predicted octanol–water partition coefficient (Wildman–Crippen LogP) is 4.17. The molecular formula is C18H17ClO2. The number of aryl methyl sites for hydroxylation is 1. The van der Waals surface area contributed by atoms with E-state index in [9.17, 15) is 0 Å². The summed E-state index contributed by atoms with van der Waals surface area (Å²) >= 11 is 5.63. The number of rotatable bonds is 4. The summed E-state index contributed by atoms with van der Waals surface area (Å²) in [5.74, 6) is 7.77. The van der Waals surface area contributed by atoms with E-state index >= 15 is 0 Å². The molecule has 0 aliphatic carbocycles. The standard InChI is InChI=1S/C18H17ClO2/c1-14-9-10-18(15(12-14)7-5-11-19)21-13-16-6-3-4-8-17(16)20-2/h3-4,6,8-10,12H,11,13H2,1-2H3. The van der Waals surface area contributed by atoms with Crippen LogP contribution in [0.3, 0.4) is 0 Å². The summed E-state index contributed by atoms with van der Waals surface area (Å²) in [7, 11) is 1.65. The van der Waals surface area contributed by atoms with Crippen molar-refractivity contribution in [3.8, 4) is 23.3 Å². The van der Waals surface area contributed by atoms with Crippen LogP contribution < -0.4 is 9.47 Å². The summed E-state index contributed by atoms with van der Waals surface area (Å²) in [5, 5.41) is 0. The van der Waals surface area contributed by atoms with Crippen molar-refractivity contribution < 1.29 is 9.47 Å². The van der Waals surface area contributed by atoms with Gasteiger partial charge in [0, 0.05) is 5.56 Å². The van der Waals surface area contributed by atoms with Gasteiger partial charge in [-0.25, -0.2) is 0 Å². The number of para-hydroxylation sites is 1. The molecule has 0 spiro atoms. The van der Waals surface area contributed by atoms with Gasteiger partial charge in [0.1, 0.15) is 18.1 Å². The second-order valence-electron chi connectivity index (χ2n) is 4.54. The Bertz CT molecular complexity index is 668. The third-order valence-corrected chi connectivity index (χ3v) is 3.13. The van der Waals surface area contributed by atoms with E-state index in [0.29, 0.717) is 12.5 Å². The predicted molar refractivity (Wildman–Crippen MR) is 86.1 cm³/mol. The molecule has 0 amide bonds. The van der Waals surface area contributed by atoms with E-state index in [0.717, 1.165) is 28.2 Å². The SMILES string of the molecule is COc1ccccc1COc1ccc(C)cc1C#CCCl. The Kier molecular flexibility index (Phi) is 5.54. The van der Waals surface area contributed by atoms with Crippen LogP contribution in [0.4, 0.5) is 0 Å². The van der Waals surface area contributed by atoms with Crippen LogP contribution in [-0.2, 0) is 6.61 Å². The highest BCUT2D eigenvalue weighted by Gasteiger charge is 2.05. The number of ether oxygens (including phenoxy) is 2. The van der Waals surface area contributed by atoms with Gasteiger partial charge < -0.3 is 9.47 Å². The maximum absolute atomic E-state index is 5.89. The first-order valence-corrected chi connectivity index (χ1v) is 7.18. The molecule has 3 heteroatoms. The van der Waals surface area contributed by atoms with Gasteiger partial charge in [-0.1, -0.05) is 36.1 Å². The number of alkyl halides is 1. The van der Waals surface area contributed by atoms with Crippen molar-refractivity contribution in [1.82, 2.24) is 0 Å². The zero-order chi connectivity index (χ0) is 15.1. The molecule has 0 aromatic heterocycles. The van der Waals surface area contributed by atoms with Crippen LogP contribution in [0, 0.1) is 18.8 Å². The monoisotopic (exact) mass is 300 g/mol. The van der Waals surface area contributed by atoms with Crippen LogP contribution in [0.25, 0.3) is 0 Å². The second-order valence-corrected chi connectivity index (χ2v) is 4.80. The lowest BCUT2D eigenvalue weighted by Gasteiger charge is -2.11. The lowest BCUT2D eigenvalue weighted by molar-refractivity contribution is 0.296. The number of hydrogen-bond acceptors (Lipinski definition) is 2. The molecule has 0 atom stereocenters. The minimum absolute atomic E-state index is 0.305. The molecule has 0 N–H and O–H groups in total. The van der Waals surface area contributed by atoms with Crippen molar-refractivity contribution in [2.24, 2.45) is 0 Å². The van der Waals surface area contributed by atoms with Crippen molar-refractivity contribution in [2.45, 2.75) is 13.5 Å². The topological polar surface area (TPSA) is 18.5 Å². The van der Waals surface area contributed by atoms with E-state index in [1.807, 2.05) is 49.4 Å². The fraction of sp³-hybridized carbons (Fsp3) is 0.222. The molecule has 0 fully saturated rings. The summed E-state index contributed by atoms with van der Waals surface area (Å²) in [6.07, 6.45) is 0. The summed E-state index contributed by atoms with van der Waals surface area (Å²) < 4.78 is 11.2. The van der Waals surface area contributed by atoms with Crippen molar-refractivity contribution in [3.63, 3.8) is 0 Å². The molecule has 0 aliphatic heterocycles. The zero-order valence-electron chi connectivity index (χ0n) is 12.2. The number of halogens is 1. The summed E-state index contributed by atoms with van der Waals surface area (Å²) in [6.45, 7) is 2.46. The van der Waals surface area contributed by atoms with Crippen molar-refractivity contribution in [1.29, 1.82) is 0 Å². The fourth-order valence-electron chi connectivity index (χ4n) is 1.97. The maximum Gasteiger partial charge on any atom is 0.135 e. The molecule has 2 rings (SSSR count). The van der Waals surface area contributed by atoms with E-state index in [1.54, 1.807) is 7.11 Å². The van der Waals surface area contributed by atoms with Gasteiger partial charge in [-0.05, 0) is 30.7 Å². The quantitative estimate of drug-likeness (QED) is 0.623. The Morgan fingerprint density at radius 3 is 2.67 bits per heavy atom. The second kappa shape index (κ2) is 7.61. The minimum atomic E-state index is 0.305. The van der Waals surface area contributed by atoms with Crippen LogP contribution in [0.15, 0.2) is 42.5 Å². The lowest BCUT2D eigenvalue weighted by Crippen LogP contribution is -2.00. The average Bonchev–Trinajstić information content (AvgIpc) is 2.52. The van der Waals surface area contributed by atoms with Gasteiger partial charge in [0.2, 0.25) is 0 Å². The van der Waals surface area contributed by atoms with Crippen LogP contribution in [0.2, 0.25) is 0 Å². The van der Waals surface area contributed by atoms with E-state index in [2.05, 4.69) is 11.8 Å². The van der Waals surface area contributed by atoms with Crippen molar-refractivity contribution in [2.75, 3.05) is 13.0 Å². The fourth-order valence-corrected chi connectivity index (χ4v) is 2.04. The first kappa shape index (κ1) is 15.3. The van der Waals surface area contributed by atoms with Gasteiger partial charge in [-0.15, -0.1) is 11.6 Å². The Balaban J connectivity index is 2.20. The lowest BCUT2D eigenvalue weighted by atomic mass is 10.1. The third kappa shape index (κ3) is 4.18. The Labute approximate surface area is 130 Å². The van der Waals surface area contributed by atoms with E-state index in [1.165, 1.54) is 0 Å². The van der Waals surface area contributed by atoms with Crippen LogP contribution in [-0.4, -0.2) is 13.0 Å². The molecule has 108 valence electrons. The average molecular weight is 301 g/mol. The highest BCUT2D eigenvalue weighted by molar-refractivity contribution is 6.19. The zero-order valence-corrected chi connectivity index (χ0v) is 12.9. The Hall–Kier alpha value is -2.11. The van der Waals surface area contributed by atoms with Gasteiger partial charge in [0.05, 0.1) is 18.6 Å². The van der Waals surface area contributed by atoms with E-state index in [4.69, 9.17) is 21.1 Å². The highest BCUT2D eigenvalue weighted by Crippen LogP contribution is 2.23. The van der Waals surface area contributed by atoms with Crippen molar-refractivity contribution >= 4 is 11.6 Å². The molecule has 0 saturated carbocycles.